The van der Waals surface area contributed by atoms with Gasteiger partial charge in [-0.2, -0.15) is 0 Å². The number of halogens is 1. The maximum absolute atomic E-state index is 13.2. The van der Waals surface area contributed by atoms with E-state index in [0.717, 1.165) is 46.2 Å². The summed E-state index contributed by atoms with van der Waals surface area (Å²) in [6, 6.07) is 10.3. The molecule has 0 N–H and O–H groups in total. The van der Waals surface area contributed by atoms with Crippen molar-refractivity contribution >= 4 is 29.0 Å². The van der Waals surface area contributed by atoms with Crippen LogP contribution in [-0.2, 0) is 12.3 Å². The molecule has 9 heteroatoms. The quantitative estimate of drug-likeness (QED) is 0.345. The Kier molecular flexibility index (Phi) is 6.04. The highest BCUT2D eigenvalue weighted by Gasteiger charge is 2.21. The topological polar surface area (TPSA) is 60.0 Å². The first-order valence-corrected chi connectivity index (χ1v) is 12.2. The number of benzene rings is 1. The van der Waals surface area contributed by atoms with E-state index in [0.29, 0.717) is 12.3 Å². The van der Waals surface area contributed by atoms with Gasteiger partial charge in [0.25, 0.3) is 0 Å². The third-order valence-electron chi connectivity index (χ3n) is 5.22. The zero-order valence-electron chi connectivity index (χ0n) is 16.9. The van der Waals surface area contributed by atoms with Gasteiger partial charge >= 0.3 is 0 Å². The van der Waals surface area contributed by atoms with Gasteiger partial charge in [-0.3, -0.25) is 4.57 Å². The molecule has 0 bridgehead atoms. The Morgan fingerprint density at radius 1 is 1.06 bits per heavy atom. The fourth-order valence-electron chi connectivity index (χ4n) is 3.65. The van der Waals surface area contributed by atoms with Crippen LogP contribution in [0.5, 0.6) is 0 Å². The lowest BCUT2D eigenvalue weighted by molar-refractivity contribution is 0.479. The first kappa shape index (κ1) is 20.3. The van der Waals surface area contributed by atoms with Crippen LogP contribution in [-0.4, -0.2) is 32.8 Å². The van der Waals surface area contributed by atoms with E-state index in [2.05, 4.69) is 19.7 Å². The number of piperidine rings is 1. The first-order valence-electron chi connectivity index (χ1n) is 10.3. The van der Waals surface area contributed by atoms with Gasteiger partial charge in [-0.05, 0) is 55.7 Å². The third kappa shape index (κ3) is 4.67. The second-order valence-corrected chi connectivity index (χ2v) is 9.24. The van der Waals surface area contributed by atoms with E-state index in [1.165, 1.54) is 31.4 Å². The molecular weight excluding hydrogens is 433 g/mol. The predicted molar refractivity (Wildman–Crippen MR) is 121 cm³/mol. The predicted octanol–water partition coefficient (Wildman–Crippen LogP) is 5.46. The number of nitrogens with zero attached hydrogens (tertiary/aromatic N) is 5. The SMILES string of the molecule is Fc1ccc(-c2nc(CSc3nnc(N4CCCCC4)n3Cc3ccco3)cs2)cc1. The molecule has 0 unspecified atom stereocenters. The molecule has 4 heterocycles. The summed E-state index contributed by atoms with van der Waals surface area (Å²) in [7, 11) is 0. The van der Waals surface area contributed by atoms with Crippen molar-refractivity contribution in [1.82, 2.24) is 19.7 Å². The minimum absolute atomic E-state index is 0.239. The summed E-state index contributed by atoms with van der Waals surface area (Å²) in [4.78, 5) is 7.03. The summed E-state index contributed by atoms with van der Waals surface area (Å²) < 4.78 is 20.9. The van der Waals surface area contributed by atoms with Crippen molar-refractivity contribution in [3.63, 3.8) is 0 Å². The van der Waals surface area contributed by atoms with Crippen LogP contribution in [0.1, 0.15) is 30.7 Å². The van der Waals surface area contributed by atoms with Crippen molar-refractivity contribution in [3.8, 4) is 10.6 Å². The second-order valence-electron chi connectivity index (χ2n) is 7.44. The van der Waals surface area contributed by atoms with E-state index in [9.17, 15) is 4.39 Å². The lowest BCUT2D eigenvalue weighted by Crippen LogP contribution is -2.32. The zero-order valence-corrected chi connectivity index (χ0v) is 18.5. The standard InChI is InChI=1S/C22H22FN5OS2/c23-17-8-6-16(7-9-17)20-24-18(14-30-20)15-31-22-26-25-21(27-10-2-1-3-11-27)28(22)13-19-5-4-12-29-19/h4-9,12,14H,1-3,10-11,13,15H2. The van der Waals surface area contributed by atoms with E-state index in [1.54, 1.807) is 41.5 Å². The van der Waals surface area contributed by atoms with Crippen molar-refractivity contribution in [2.45, 2.75) is 36.7 Å². The molecule has 1 aliphatic rings. The van der Waals surface area contributed by atoms with Crippen LogP contribution in [0.3, 0.4) is 0 Å². The maximum Gasteiger partial charge on any atom is 0.228 e. The van der Waals surface area contributed by atoms with Crippen LogP contribution in [0.4, 0.5) is 10.3 Å². The number of anilines is 1. The molecule has 0 spiro atoms. The number of furan rings is 1. The molecule has 1 aliphatic heterocycles. The zero-order chi connectivity index (χ0) is 21.0. The molecule has 0 saturated carbocycles. The summed E-state index contributed by atoms with van der Waals surface area (Å²) in [6.07, 6.45) is 5.33. The molecule has 1 fully saturated rings. The Hall–Kier alpha value is -2.65. The Morgan fingerprint density at radius 3 is 2.68 bits per heavy atom. The first-order chi connectivity index (χ1) is 15.3. The van der Waals surface area contributed by atoms with Gasteiger partial charge in [-0.15, -0.1) is 21.5 Å². The number of thioether (sulfide) groups is 1. The van der Waals surface area contributed by atoms with Gasteiger partial charge in [0, 0.05) is 29.8 Å². The van der Waals surface area contributed by atoms with Gasteiger partial charge in [0.05, 0.1) is 18.5 Å². The van der Waals surface area contributed by atoms with Gasteiger partial charge in [0.2, 0.25) is 5.95 Å². The molecule has 0 amide bonds. The second kappa shape index (κ2) is 9.23. The van der Waals surface area contributed by atoms with E-state index in [-0.39, 0.29) is 5.82 Å². The fourth-order valence-corrected chi connectivity index (χ4v) is 5.41. The molecule has 5 rings (SSSR count). The van der Waals surface area contributed by atoms with Crippen molar-refractivity contribution in [3.05, 3.63) is 65.3 Å². The number of rotatable bonds is 7. The monoisotopic (exact) mass is 455 g/mol. The minimum Gasteiger partial charge on any atom is -0.467 e. The van der Waals surface area contributed by atoms with Crippen LogP contribution < -0.4 is 4.90 Å². The van der Waals surface area contributed by atoms with Gasteiger partial charge in [-0.25, -0.2) is 9.37 Å². The molecule has 0 aliphatic carbocycles. The highest BCUT2D eigenvalue weighted by molar-refractivity contribution is 7.98. The molecule has 4 aromatic rings. The molecular formula is C22H22FN5OS2. The summed E-state index contributed by atoms with van der Waals surface area (Å²) in [6.45, 7) is 2.62. The highest BCUT2D eigenvalue weighted by Crippen LogP contribution is 2.30. The molecule has 0 atom stereocenters. The molecule has 1 saturated heterocycles. The maximum atomic E-state index is 13.2. The van der Waals surface area contributed by atoms with Crippen LogP contribution in [0.15, 0.2) is 57.6 Å². The van der Waals surface area contributed by atoms with Crippen molar-refractivity contribution in [1.29, 1.82) is 0 Å². The van der Waals surface area contributed by atoms with Gasteiger partial charge < -0.3 is 9.32 Å². The number of hydrogen-bond acceptors (Lipinski definition) is 7. The van der Waals surface area contributed by atoms with Crippen LogP contribution in [0.25, 0.3) is 10.6 Å². The van der Waals surface area contributed by atoms with E-state index < -0.39 is 0 Å². The molecule has 1 aromatic carbocycles. The number of aromatic nitrogens is 4. The Bertz CT molecular complexity index is 1120. The van der Waals surface area contributed by atoms with Crippen LogP contribution in [0.2, 0.25) is 0 Å². The Labute approximate surface area is 188 Å². The highest BCUT2D eigenvalue weighted by atomic mass is 32.2. The Balaban J connectivity index is 1.34. The molecule has 160 valence electrons. The van der Waals surface area contributed by atoms with E-state index >= 15 is 0 Å². The lowest BCUT2D eigenvalue weighted by atomic mass is 10.1. The van der Waals surface area contributed by atoms with Gasteiger partial charge in [-0.1, -0.05) is 11.8 Å². The van der Waals surface area contributed by atoms with Crippen LogP contribution >= 0.6 is 23.1 Å². The lowest BCUT2D eigenvalue weighted by Gasteiger charge is -2.27. The average molecular weight is 456 g/mol. The largest absolute Gasteiger partial charge is 0.467 e. The van der Waals surface area contributed by atoms with Crippen molar-refractivity contribution in [2.75, 3.05) is 18.0 Å². The summed E-state index contributed by atoms with van der Waals surface area (Å²) >= 11 is 3.19. The van der Waals surface area contributed by atoms with E-state index in [1.807, 2.05) is 17.5 Å². The molecule has 31 heavy (non-hydrogen) atoms. The normalized spacial score (nSPS) is 14.3. The third-order valence-corrected chi connectivity index (χ3v) is 7.16. The summed E-state index contributed by atoms with van der Waals surface area (Å²) in [5, 5.41) is 12.8. The molecule has 3 aromatic heterocycles. The summed E-state index contributed by atoms with van der Waals surface area (Å²) in [5.41, 5.74) is 1.90. The number of hydrogen-bond donors (Lipinski definition) is 0. The van der Waals surface area contributed by atoms with Gasteiger partial charge in [0.15, 0.2) is 5.16 Å². The van der Waals surface area contributed by atoms with Crippen molar-refractivity contribution < 1.29 is 8.81 Å². The van der Waals surface area contributed by atoms with E-state index in [4.69, 9.17) is 9.40 Å². The van der Waals surface area contributed by atoms with Crippen molar-refractivity contribution in [2.24, 2.45) is 0 Å². The smallest absolute Gasteiger partial charge is 0.228 e. The number of thiazole rings is 1. The molecule has 6 nitrogen and oxygen atoms in total. The van der Waals surface area contributed by atoms with Gasteiger partial charge in [0.1, 0.15) is 16.6 Å². The fraction of sp³-hybridized carbons (Fsp3) is 0.318. The van der Waals surface area contributed by atoms with Crippen LogP contribution in [0, 0.1) is 5.82 Å². The summed E-state index contributed by atoms with van der Waals surface area (Å²) in [5.74, 6) is 2.24. The average Bonchev–Trinajstić information content (AvgIpc) is 3.56. The molecule has 0 radical (unpaired) electrons. The Morgan fingerprint density at radius 2 is 1.90 bits per heavy atom. The minimum atomic E-state index is -0.239.